The minimum absolute atomic E-state index is 0.00449. The predicted octanol–water partition coefficient (Wildman–Crippen LogP) is 4.06. The van der Waals surface area contributed by atoms with Gasteiger partial charge >= 0.3 is 19.3 Å². The summed E-state index contributed by atoms with van der Waals surface area (Å²) in [6.07, 6.45) is 4.39. The van der Waals surface area contributed by atoms with Crippen LogP contribution in [0.3, 0.4) is 0 Å². The summed E-state index contributed by atoms with van der Waals surface area (Å²) in [5, 5.41) is 5.75. The van der Waals surface area contributed by atoms with Crippen LogP contribution < -0.4 is 25.7 Å². The summed E-state index contributed by atoms with van der Waals surface area (Å²) in [5.41, 5.74) is -0.835. The summed E-state index contributed by atoms with van der Waals surface area (Å²) in [5.74, 6) is 0.577. The van der Waals surface area contributed by atoms with Gasteiger partial charge in [0.2, 0.25) is 23.6 Å². The highest BCUT2D eigenvalue weighted by Gasteiger charge is 2.52. The van der Waals surface area contributed by atoms with Crippen molar-refractivity contribution in [2.45, 2.75) is 142 Å². The zero-order chi connectivity index (χ0) is 43.2. The van der Waals surface area contributed by atoms with Gasteiger partial charge in [-0.15, -0.1) is 0 Å². The molecule has 3 saturated heterocycles. The van der Waals surface area contributed by atoms with Crippen molar-refractivity contribution in [3.05, 3.63) is 28.4 Å². The highest BCUT2D eigenvalue weighted by Crippen LogP contribution is 2.36. The zero-order valence-corrected chi connectivity index (χ0v) is 37.3. The fourth-order valence-corrected chi connectivity index (χ4v) is 6.25. The van der Waals surface area contributed by atoms with Crippen molar-refractivity contribution in [1.82, 2.24) is 40.4 Å². The van der Waals surface area contributed by atoms with Crippen LogP contribution in [-0.4, -0.2) is 123 Å². The van der Waals surface area contributed by atoms with Gasteiger partial charge in [-0.3, -0.25) is 19.6 Å². The Labute approximate surface area is 349 Å². The van der Waals surface area contributed by atoms with E-state index in [0.29, 0.717) is 66.2 Å². The van der Waals surface area contributed by atoms with Gasteiger partial charge < -0.3 is 48.7 Å². The molecule has 2 N–H and O–H groups in total. The molecular weight excluding hydrogens is 819 g/mol. The first-order valence-electron chi connectivity index (χ1n) is 19.2. The summed E-state index contributed by atoms with van der Waals surface area (Å²) < 4.78 is 34.4. The van der Waals surface area contributed by atoms with Crippen molar-refractivity contribution in [2.24, 2.45) is 0 Å². The van der Waals surface area contributed by atoms with Crippen LogP contribution in [-0.2, 0) is 41.5 Å². The van der Waals surface area contributed by atoms with Crippen LogP contribution in [0.4, 0.5) is 9.59 Å². The van der Waals surface area contributed by atoms with Gasteiger partial charge in [-0.05, 0) is 98.0 Å². The van der Waals surface area contributed by atoms with Crippen LogP contribution in [0.25, 0.3) is 0 Å². The number of halogens is 1. The molecule has 0 spiro atoms. The monoisotopic (exact) mass is 876 g/mol. The molecule has 5 rings (SSSR count). The number of rotatable bonds is 11. The Morgan fingerprint density at radius 3 is 1.57 bits per heavy atom. The van der Waals surface area contributed by atoms with Gasteiger partial charge in [0.1, 0.15) is 27.2 Å². The number of amides is 4. The molecule has 2 aromatic rings. The van der Waals surface area contributed by atoms with E-state index in [-0.39, 0.29) is 42.9 Å². The van der Waals surface area contributed by atoms with Crippen molar-refractivity contribution in [2.75, 3.05) is 27.3 Å². The SMILES string of the molecule is COc1nc(B2OC(C)(C)C(C)(C)O2)cnc1CN(C[C@@H]1CCC(=O)N1)C(=O)OC(C)(C)C.COc1nc(Br)cnc1CN(C[C@@H]1CCC(=O)N1)C(=O)OC(C)(C)C. The number of hydrogen-bond donors (Lipinski definition) is 2. The second kappa shape index (κ2) is 18.7. The molecule has 0 saturated carbocycles. The fraction of sp³-hybridized carbons (Fsp3) is 0.684. The van der Waals surface area contributed by atoms with E-state index < -0.39 is 41.7 Å². The average molecular weight is 878 g/mol. The summed E-state index contributed by atoms with van der Waals surface area (Å²) in [4.78, 5) is 69.2. The Morgan fingerprint density at radius 1 is 0.776 bits per heavy atom. The molecular formula is C38H58BBrN8O10. The van der Waals surface area contributed by atoms with E-state index in [4.69, 9.17) is 28.3 Å². The largest absolute Gasteiger partial charge is 0.516 e. The van der Waals surface area contributed by atoms with E-state index >= 15 is 0 Å². The number of methoxy groups -OCH3 is 2. The Balaban J connectivity index is 0.000000267. The van der Waals surface area contributed by atoms with E-state index in [1.807, 2.05) is 27.7 Å². The molecule has 320 valence electrons. The Kier molecular flexibility index (Phi) is 15.0. The first-order valence-corrected chi connectivity index (χ1v) is 20.0. The number of carbonyl (C=O) groups is 4. The average Bonchev–Trinajstić information content (AvgIpc) is 3.78. The summed E-state index contributed by atoms with van der Waals surface area (Å²) >= 11 is 3.24. The van der Waals surface area contributed by atoms with Crippen LogP contribution in [0, 0.1) is 0 Å². The second-order valence-electron chi connectivity index (χ2n) is 17.3. The van der Waals surface area contributed by atoms with Gasteiger partial charge in [0.25, 0.3) is 0 Å². The van der Waals surface area contributed by atoms with Crippen LogP contribution in [0.15, 0.2) is 17.0 Å². The molecule has 2 atom stereocenters. The van der Waals surface area contributed by atoms with Gasteiger partial charge in [0.05, 0.1) is 50.3 Å². The van der Waals surface area contributed by atoms with Crippen LogP contribution in [0.5, 0.6) is 11.8 Å². The first kappa shape index (κ1) is 46.4. The highest BCUT2D eigenvalue weighted by atomic mass is 79.9. The third kappa shape index (κ3) is 13.1. The molecule has 3 aliphatic heterocycles. The minimum Gasteiger partial charge on any atom is -0.480 e. The maximum Gasteiger partial charge on any atom is 0.516 e. The maximum atomic E-state index is 12.9. The van der Waals surface area contributed by atoms with Crippen LogP contribution >= 0.6 is 15.9 Å². The van der Waals surface area contributed by atoms with Crippen molar-refractivity contribution in [1.29, 1.82) is 0 Å². The maximum absolute atomic E-state index is 12.9. The standard InChI is InChI=1S/C22H35BN4O6.C16H23BrN4O4/c1-20(2,3)31-19(29)27(12-14-9-10-17(28)25-14)13-15-18(30-8)26-16(11-24-15)23-32-21(4,5)22(6,7)33-23;1-16(2,3)25-15(23)21(8-10-5-6-13(22)19-10)9-11-14(24-4)20-12(17)7-18-11/h11,14H,9-10,12-13H2,1-8H3,(H,25,28);7,10H,5-6,8-9H2,1-4H3,(H,19,22)/t14-;10-/m00/s1. The Hall–Kier alpha value is -4.30. The van der Waals surface area contributed by atoms with Crippen LogP contribution in [0.2, 0.25) is 0 Å². The van der Waals surface area contributed by atoms with Gasteiger partial charge in [0.15, 0.2) is 0 Å². The van der Waals surface area contributed by atoms with E-state index in [1.165, 1.54) is 24.0 Å². The van der Waals surface area contributed by atoms with Crippen molar-refractivity contribution in [3.8, 4) is 11.8 Å². The normalized spacial score (nSPS) is 19.7. The molecule has 3 aliphatic rings. The fourth-order valence-electron chi connectivity index (χ4n) is 5.99. The number of carbonyl (C=O) groups excluding carboxylic acids is 4. The molecule has 58 heavy (non-hydrogen) atoms. The lowest BCUT2D eigenvalue weighted by molar-refractivity contribution is -0.120. The molecule has 20 heteroatoms. The van der Waals surface area contributed by atoms with Gasteiger partial charge in [-0.1, -0.05) is 0 Å². The Bertz CT molecular complexity index is 1790. The lowest BCUT2D eigenvalue weighted by atomic mass is 9.85. The minimum atomic E-state index is -0.680. The molecule has 0 bridgehead atoms. The number of hydrogen-bond acceptors (Lipinski definition) is 14. The molecule has 4 amide bonds. The zero-order valence-electron chi connectivity index (χ0n) is 35.7. The van der Waals surface area contributed by atoms with Gasteiger partial charge in [-0.25, -0.2) is 19.6 Å². The van der Waals surface area contributed by atoms with Crippen molar-refractivity contribution < 1.29 is 47.4 Å². The predicted molar refractivity (Wildman–Crippen MR) is 216 cm³/mol. The number of aromatic nitrogens is 4. The van der Waals surface area contributed by atoms with E-state index in [9.17, 15) is 19.2 Å². The summed E-state index contributed by atoms with van der Waals surface area (Å²) in [6, 6.07) is -0.248. The molecule has 18 nitrogen and oxygen atoms in total. The first-order chi connectivity index (χ1) is 26.9. The van der Waals surface area contributed by atoms with Crippen molar-refractivity contribution in [3.63, 3.8) is 0 Å². The molecule has 3 fully saturated rings. The molecule has 5 heterocycles. The van der Waals surface area contributed by atoms with E-state index in [1.54, 1.807) is 53.9 Å². The van der Waals surface area contributed by atoms with Gasteiger partial charge in [0, 0.05) is 44.2 Å². The number of ether oxygens (including phenoxy) is 4. The third-order valence-corrected chi connectivity index (χ3v) is 9.91. The molecule has 0 aromatic carbocycles. The van der Waals surface area contributed by atoms with E-state index in [0.717, 1.165) is 0 Å². The van der Waals surface area contributed by atoms with Gasteiger partial charge in [-0.2, -0.15) is 0 Å². The molecule has 2 aromatic heterocycles. The Morgan fingerprint density at radius 2 is 1.19 bits per heavy atom. The van der Waals surface area contributed by atoms with Crippen molar-refractivity contribution >= 4 is 52.6 Å². The van der Waals surface area contributed by atoms with Crippen LogP contribution in [0.1, 0.15) is 106 Å². The number of nitrogens with one attached hydrogen (secondary N) is 2. The lowest BCUT2D eigenvalue weighted by Gasteiger charge is -2.32. The molecule has 0 radical (unpaired) electrons. The van der Waals surface area contributed by atoms with E-state index in [2.05, 4.69) is 46.5 Å². The smallest absolute Gasteiger partial charge is 0.480 e. The molecule has 0 unspecified atom stereocenters. The molecule has 0 aliphatic carbocycles. The highest BCUT2D eigenvalue weighted by molar-refractivity contribution is 9.10. The topological polar surface area (TPSA) is 206 Å². The quantitative estimate of drug-likeness (QED) is 0.306. The second-order valence-corrected chi connectivity index (χ2v) is 18.1. The lowest BCUT2D eigenvalue weighted by Crippen LogP contribution is -2.44. The summed E-state index contributed by atoms with van der Waals surface area (Å²) in [6.45, 7) is 19.6. The number of nitrogens with zero attached hydrogens (tertiary/aromatic N) is 6. The third-order valence-electron chi connectivity index (χ3n) is 9.53. The summed E-state index contributed by atoms with van der Waals surface area (Å²) in [7, 11) is 2.31.